The lowest BCUT2D eigenvalue weighted by Gasteiger charge is -2.24. The molecule has 68 valence electrons. The lowest BCUT2D eigenvalue weighted by molar-refractivity contribution is 0.108. The van der Waals surface area contributed by atoms with Crippen LogP contribution in [0.25, 0.3) is 0 Å². The van der Waals surface area contributed by atoms with Crippen molar-refractivity contribution < 1.29 is 5.11 Å². The van der Waals surface area contributed by atoms with E-state index in [1.54, 1.807) is 0 Å². The molecule has 2 aliphatic carbocycles. The minimum atomic E-state index is -0.0834. The molecule has 1 saturated carbocycles. The summed E-state index contributed by atoms with van der Waals surface area (Å²) in [7, 11) is 0. The fourth-order valence-electron chi connectivity index (χ4n) is 2.99. The van der Waals surface area contributed by atoms with Crippen LogP contribution in [0.4, 0.5) is 0 Å². The van der Waals surface area contributed by atoms with Crippen molar-refractivity contribution in [1.29, 1.82) is 0 Å². The Labute approximate surface area is 78.4 Å². The van der Waals surface area contributed by atoms with Gasteiger partial charge in [0.25, 0.3) is 0 Å². The Hall–Kier alpha value is -0.820. The van der Waals surface area contributed by atoms with Crippen LogP contribution >= 0.6 is 0 Å². The molecule has 3 unspecified atom stereocenters. The molecule has 2 aliphatic rings. The lowest BCUT2D eigenvalue weighted by atomic mass is 9.85. The highest BCUT2D eigenvalue weighted by Crippen LogP contribution is 2.50. The monoisotopic (exact) mass is 174 g/mol. The summed E-state index contributed by atoms with van der Waals surface area (Å²) in [4.78, 5) is 0. The SMILES string of the molecule is OC1CCC2CC1c1ccccc12. The molecule has 0 radical (unpaired) electrons. The first-order valence-corrected chi connectivity index (χ1v) is 5.13. The van der Waals surface area contributed by atoms with Crippen molar-refractivity contribution in [2.45, 2.75) is 37.2 Å². The van der Waals surface area contributed by atoms with Gasteiger partial charge in [-0.25, -0.2) is 0 Å². The summed E-state index contributed by atoms with van der Waals surface area (Å²) in [5.41, 5.74) is 2.92. The normalized spacial score (nSPS) is 35.9. The van der Waals surface area contributed by atoms with Gasteiger partial charge in [-0.15, -0.1) is 0 Å². The smallest absolute Gasteiger partial charge is 0.0609 e. The van der Waals surface area contributed by atoms with Crippen molar-refractivity contribution in [3.05, 3.63) is 35.4 Å². The van der Waals surface area contributed by atoms with E-state index < -0.39 is 0 Å². The molecule has 3 rings (SSSR count). The van der Waals surface area contributed by atoms with Gasteiger partial charge in [-0.3, -0.25) is 0 Å². The van der Waals surface area contributed by atoms with E-state index in [1.165, 1.54) is 24.0 Å². The standard InChI is InChI=1S/C12H14O/c13-12-6-5-8-7-11(12)10-4-2-1-3-9(8)10/h1-4,8,11-13H,5-7H2. The van der Waals surface area contributed by atoms with Crippen molar-refractivity contribution in [1.82, 2.24) is 0 Å². The quantitative estimate of drug-likeness (QED) is 0.640. The van der Waals surface area contributed by atoms with Crippen LogP contribution in [-0.2, 0) is 0 Å². The molecule has 0 amide bonds. The van der Waals surface area contributed by atoms with E-state index in [2.05, 4.69) is 24.3 Å². The van der Waals surface area contributed by atoms with Crippen molar-refractivity contribution in [2.75, 3.05) is 0 Å². The highest BCUT2D eigenvalue weighted by Gasteiger charge is 2.38. The zero-order valence-corrected chi connectivity index (χ0v) is 7.61. The predicted octanol–water partition coefficient (Wildman–Crippen LogP) is 2.41. The highest BCUT2D eigenvalue weighted by atomic mass is 16.3. The molecule has 13 heavy (non-hydrogen) atoms. The number of aliphatic hydroxyl groups excluding tert-OH is 1. The molecule has 3 atom stereocenters. The summed E-state index contributed by atoms with van der Waals surface area (Å²) in [5, 5.41) is 9.84. The van der Waals surface area contributed by atoms with E-state index in [1.807, 2.05) is 0 Å². The zero-order chi connectivity index (χ0) is 8.84. The Morgan fingerprint density at radius 1 is 1.08 bits per heavy atom. The molecule has 0 heterocycles. The Morgan fingerprint density at radius 3 is 2.69 bits per heavy atom. The Kier molecular flexibility index (Phi) is 1.50. The Balaban J connectivity index is 2.13. The maximum atomic E-state index is 9.84. The van der Waals surface area contributed by atoms with Gasteiger partial charge in [0, 0.05) is 5.92 Å². The first kappa shape index (κ1) is 7.57. The van der Waals surface area contributed by atoms with Gasteiger partial charge >= 0.3 is 0 Å². The van der Waals surface area contributed by atoms with Gasteiger partial charge in [0.2, 0.25) is 0 Å². The summed E-state index contributed by atoms with van der Waals surface area (Å²) in [6.45, 7) is 0. The van der Waals surface area contributed by atoms with Crippen molar-refractivity contribution in [2.24, 2.45) is 0 Å². The van der Waals surface area contributed by atoms with E-state index >= 15 is 0 Å². The molecule has 1 nitrogen and oxygen atoms in total. The largest absolute Gasteiger partial charge is 0.392 e. The third-order valence-corrected chi connectivity index (χ3v) is 3.65. The molecular formula is C12H14O. The van der Waals surface area contributed by atoms with Crippen LogP contribution in [-0.4, -0.2) is 11.2 Å². The number of rotatable bonds is 0. The van der Waals surface area contributed by atoms with Gasteiger partial charge in [0.05, 0.1) is 6.10 Å². The van der Waals surface area contributed by atoms with E-state index in [-0.39, 0.29) is 6.10 Å². The second-order valence-electron chi connectivity index (χ2n) is 4.31. The van der Waals surface area contributed by atoms with Crippen LogP contribution in [0.1, 0.15) is 42.2 Å². The molecule has 1 aromatic carbocycles. The molecule has 2 bridgehead atoms. The fraction of sp³-hybridized carbons (Fsp3) is 0.500. The van der Waals surface area contributed by atoms with Crippen LogP contribution in [0.15, 0.2) is 24.3 Å². The predicted molar refractivity (Wildman–Crippen MR) is 51.8 cm³/mol. The fourth-order valence-corrected chi connectivity index (χ4v) is 2.99. The Morgan fingerprint density at radius 2 is 1.85 bits per heavy atom. The van der Waals surface area contributed by atoms with Gasteiger partial charge in [0.1, 0.15) is 0 Å². The summed E-state index contributed by atoms with van der Waals surface area (Å²) in [6.07, 6.45) is 3.26. The molecule has 1 aromatic rings. The molecule has 1 heteroatoms. The topological polar surface area (TPSA) is 20.2 Å². The third-order valence-electron chi connectivity index (χ3n) is 3.65. The summed E-state index contributed by atoms with van der Waals surface area (Å²) in [5.74, 6) is 1.18. The van der Waals surface area contributed by atoms with E-state index in [4.69, 9.17) is 0 Å². The molecule has 1 N–H and O–H groups in total. The maximum Gasteiger partial charge on any atom is 0.0609 e. The molecular weight excluding hydrogens is 160 g/mol. The number of fused-ring (bicyclic) bond motifs is 5. The van der Waals surface area contributed by atoms with Crippen LogP contribution in [0.5, 0.6) is 0 Å². The second kappa shape index (κ2) is 2.58. The van der Waals surface area contributed by atoms with Crippen LogP contribution in [0.2, 0.25) is 0 Å². The summed E-state index contributed by atoms with van der Waals surface area (Å²) < 4.78 is 0. The van der Waals surface area contributed by atoms with Gasteiger partial charge in [-0.1, -0.05) is 24.3 Å². The van der Waals surface area contributed by atoms with E-state index in [0.29, 0.717) is 5.92 Å². The third kappa shape index (κ3) is 0.969. The summed E-state index contributed by atoms with van der Waals surface area (Å²) >= 11 is 0. The molecule has 0 aliphatic heterocycles. The minimum absolute atomic E-state index is 0.0834. The number of benzene rings is 1. The number of hydrogen-bond acceptors (Lipinski definition) is 1. The number of aliphatic hydroxyl groups is 1. The maximum absolute atomic E-state index is 9.84. The molecule has 0 spiro atoms. The van der Waals surface area contributed by atoms with Gasteiger partial charge < -0.3 is 5.11 Å². The molecule has 1 fully saturated rings. The van der Waals surface area contributed by atoms with Crippen molar-refractivity contribution in [3.8, 4) is 0 Å². The van der Waals surface area contributed by atoms with Crippen LogP contribution < -0.4 is 0 Å². The molecule has 0 aromatic heterocycles. The first-order chi connectivity index (χ1) is 6.36. The Bertz CT molecular complexity index is 332. The van der Waals surface area contributed by atoms with Crippen LogP contribution in [0.3, 0.4) is 0 Å². The number of hydrogen-bond donors (Lipinski definition) is 1. The summed E-state index contributed by atoms with van der Waals surface area (Å²) in [6, 6.07) is 8.63. The van der Waals surface area contributed by atoms with Gasteiger partial charge in [0.15, 0.2) is 0 Å². The zero-order valence-electron chi connectivity index (χ0n) is 7.61. The minimum Gasteiger partial charge on any atom is -0.392 e. The highest BCUT2D eigenvalue weighted by molar-refractivity contribution is 5.40. The second-order valence-corrected chi connectivity index (χ2v) is 4.31. The first-order valence-electron chi connectivity index (χ1n) is 5.13. The van der Waals surface area contributed by atoms with E-state index in [0.717, 1.165) is 12.3 Å². The van der Waals surface area contributed by atoms with Crippen LogP contribution in [0, 0.1) is 0 Å². The van der Waals surface area contributed by atoms with Gasteiger partial charge in [-0.05, 0) is 36.3 Å². The van der Waals surface area contributed by atoms with Crippen molar-refractivity contribution in [3.63, 3.8) is 0 Å². The van der Waals surface area contributed by atoms with Gasteiger partial charge in [-0.2, -0.15) is 0 Å². The van der Waals surface area contributed by atoms with Crippen molar-refractivity contribution >= 4 is 0 Å². The molecule has 0 saturated heterocycles. The van der Waals surface area contributed by atoms with E-state index in [9.17, 15) is 5.11 Å². The average molecular weight is 174 g/mol. The average Bonchev–Trinajstić information content (AvgIpc) is 2.48. The lowest BCUT2D eigenvalue weighted by Crippen LogP contribution is -2.20.